The van der Waals surface area contributed by atoms with E-state index in [9.17, 15) is 9.59 Å². The monoisotopic (exact) mass is 322 g/mol. The Morgan fingerprint density at radius 2 is 1.48 bits per heavy atom. The van der Waals surface area contributed by atoms with E-state index in [-0.39, 0.29) is 6.61 Å². The van der Waals surface area contributed by atoms with Gasteiger partial charge in [-0.2, -0.15) is 0 Å². The Morgan fingerprint density at radius 3 is 2.00 bits per heavy atom. The van der Waals surface area contributed by atoms with Crippen molar-refractivity contribution in [1.82, 2.24) is 9.80 Å². The Hall–Kier alpha value is -2.24. The quantitative estimate of drug-likeness (QED) is 0.836. The summed E-state index contributed by atoms with van der Waals surface area (Å²) in [4.78, 5) is 26.6. The summed E-state index contributed by atoms with van der Waals surface area (Å²) in [6.07, 6.45) is -0.838. The van der Waals surface area contributed by atoms with Crippen LogP contribution < -0.4 is 0 Å². The van der Waals surface area contributed by atoms with Gasteiger partial charge >= 0.3 is 12.2 Å². The number of amides is 2. The number of benzene rings is 1. The summed E-state index contributed by atoms with van der Waals surface area (Å²) in [5.41, 5.74) is 0.395. The summed E-state index contributed by atoms with van der Waals surface area (Å²) in [5, 5.41) is 0. The highest BCUT2D eigenvalue weighted by Crippen LogP contribution is 2.09. The number of hydrogen-bond acceptors (Lipinski definition) is 4. The van der Waals surface area contributed by atoms with Crippen LogP contribution in [0.2, 0.25) is 0 Å². The average molecular weight is 322 g/mol. The zero-order chi connectivity index (χ0) is 17.5. The van der Waals surface area contributed by atoms with Crippen LogP contribution >= 0.6 is 0 Å². The number of hydrogen-bond donors (Lipinski definition) is 0. The molecule has 0 aliphatic rings. The maximum absolute atomic E-state index is 11.9. The highest BCUT2D eigenvalue weighted by atomic mass is 16.6. The molecule has 0 atom stereocenters. The molecular weight excluding hydrogens is 296 g/mol. The summed E-state index contributed by atoms with van der Waals surface area (Å²) in [6.45, 7) is 6.39. The van der Waals surface area contributed by atoms with E-state index < -0.39 is 17.8 Å². The molecule has 0 radical (unpaired) electrons. The number of rotatable bonds is 5. The van der Waals surface area contributed by atoms with Crippen molar-refractivity contribution < 1.29 is 19.1 Å². The molecule has 0 N–H and O–H groups in total. The van der Waals surface area contributed by atoms with Crippen molar-refractivity contribution in [3.05, 3.63) is 35.9 Å². The number of nitrogens with zero attached hydrogens (tertiary/aromatic N) is 2. The molecule has 0 saturated heterocycles. The van der Waals surface area contributed by atoms with Crippen LogP contribution in [-0.4, -0.2) is 54.8 Å². The number of likely N-dealkylation sites (N-methyl/N-ethyl adjacent to an activating group) is 2. The van der Waals surface area contributed by atoms with Crippen LogP contribution in [0.25, 0.3) is 0 Å². The van der Waals surface area contributed by atoms with Gasteiger partial charge in [0.1, 0.15) is 12.2 Å². The van der Waals surface area contributed by atoms with E-state index >= 15 is 0 Å². The molecule has 1 aromatic carbocycles. The van der Waals surface area contributed by atoms with Gasteiger partial charge < -0.3 is 19.3 Å². The van der Waals surface area contributed by atoms with Crippen molar-refractivity contribution >= 4 is 12.2 Å². The average Bonchev–Trinajstić information content (AvgIpc) is 2.49. The number of carbonyl (C=O) groups is 2. The topological polar surface area (TPSA) is 59.1 Å². The van der Waals surface area contributed by atoms with Gasteiger partial charge in [0.05, 0.1) is 0 Å². The molecular formula is C17H26N2O4. The lowest BCUT2D eigenvalue weighted by atomic mass is 10.2. The van der Waals surface area contributed by atoms with Crippen molar-refractivity contribution in [2.75, 3.05) is 27.2 Å². The van der Waals surface area contributed by atoms with Gasteiger partial charge in [-0.25, -0.2) is 9.59 Å². The van der Waals surface area contributed by atoms with E-state index in [1.807, 2.05) is 51.1 Å². The van der Waals surface area contributed by atoms with Crippen molar-refractivity contribution in [3.8, 4) is 0 Å². The molecule has 0 unspecified atom stereocenters. The molecule has 0 fully saturated rings. The highest BCUT2D eigenvalue weighted by Gasteiger charge is 2.20. The van der Waals surface area contributed by atoms with Gasteiger partial charge in [0, 0.05) is 27.2 Å². The predicted octanol–water partition coefficient (Wildman–Crippen LogP) is 3.12. The van der Waals surface area contributed by atoms with Crippen LogP contribution in [0.5, 0.6) is 0 Å². The lowest BCUT2D eigenvalue weighted by Gasteiger charge is -2.26. The minimum absolute atomic E-state index is 0.228. The number of carbonyl (C=O) groups excluding carboxylic acids is 2. The van der Waals surface area contributed by atoms with Gasteiger partial charge in [0.15, 0.2) is 0 Å². The van der Waals surface area contributed by atoms with E-state index in [1.165, 1.54) is 9.80 Å². The van der Waals surface area contributed by atoms with Crippen molar-refractivity contribution in [2.45, 2.75) is 33.0 Å². The van der Waals surface area contributed by atoms with Gasteiger partial charge in [-0.3, -0.25) is 0 Å². The van der Waals surface area contributed by atoms with Crippen molar-refractivity contribution in [2.24, 2.45) is 0 Å². The number of ether oxygens (including phenoxy) is 2. The Bertz CT molecular complexity index is 511. The second-order valence-electron chi connectivity index (χ2n) is 6.36. The van der Waals surface area contributed by atoms with Crippen LogP contribution in [0.1, 0.15) is 26.3 Å². The zero-order valence-electron chi connectivity index (χ0n) is 14.5. The lowest BCUT2D eigenvalue weighted by molar-refractivity contribution is 0.0281. The standard InChI is InChI=1S/C17H26N2O4/c1-17(2,3)23-16(21)19(5)12-11-18(4)15(20)22-13-14-9-7-6-8-10-14/h6-10H,11-13H2,1-5H3. The molecule has 0 aliphatic heterocycles. The first-order valence-electron chi connectivity index (χ1n) is 7.55. The molecule has 0 heterocycles. The van der Waals surface area contributed by atoms with Crippen LogP contribution in [0.4, 0.5) is 9.59 Å². The third-order valence-electron chi connectivity index (χ3n) is 2.99. The van der Waals surface area contributed by atoms with E-state index in [2.05, 4.69) is 0 Å². The molecule has 23 heavy (non-hydrogen) atoms. The molecule has 0 spiro atoms. The minimum Gasteiger partial charge on any atom is -0.445 e. The third kappa shape index (κ3) is 7.54. The fraction of sp³-hybridized carbons (Fsp3) is 0.529. The Kier molecular flexibility index (Phi) is 6.88. The maximum Gasteiger partial charge on any atom is 0.410 e. The lowest BCUT2D eigenvalue weighted by Crippen LogP contribution is -2.40. The second-order valence-corrected chi connectivity index (χ2v) is 6.36. The Labute approximate surface area is 138 Å². The van der Waals surface area contributed by atoms with Crippen molar-refractivity contribution in [1.29, 1.82) is 0 Å². The Morgan fingerprint density at radius 1 is 0.957 bits per heavy atom. The highest BCUT2D eigenvalue weighted by molar-refractivity contribution is 5.68. The van der Waals surface area contributed by atoms with Crippen molar-refractivity contribution in [3.63, 3.8) is 0 Å². The van der Waals surface area contributed by atoms with Crippen LogP contribution in [0.3, 0.4) is 0 Å². The van der Waals surface area contributed by atoms with Gasteiger partial charge in [0.2, 0.25) is 0 Å². The SMILES string of the molecule is CN(CCN(C)C(=O)OC(C)(C)C)C(=O)OCc1ccccc1. The summed E-state index contributed by atoms with van der Waals surface area (Å²) in [5.74, 6) is 0. The first kappa shape index (κ1) is 18.8. The molecule has 0 saturated carbocycles. The summed E-state index contributed by atoms with van der Waals surface area (Å²) < 4.78 is 10.5. The third-order valence-corrected chi connectivity index (χ3v) is 2.99. The summed E-state index contributed by atoms with van der Waals surface area (Å²) in [6, 6.07) is 9.47. The molecule has 0 aromatic heterocycles. The minimum atomic E-state index is -0.536. The van der Waals surface area contributed by atoms with Gasteiger partial charge in [-0.05, 0) is 26.3 Å². The fourth-order valence-electron chi connectivity index (χ4n) is 1.65. The first-order valence-corrected chi connectivity index (χ1v) is 7.55. The molecule has 1 aromatic rings. The van der Waals surface area contributed by atoms with E-state index in [0.29, 0.717) is 13.1 Å². The van der Waals surface area contributed by atoms with E-state index in [0.717, 1.165) is 5.56 Å². The molecule has 0 bridgehead atoms. The molecule has 1 rings (SSSR count). The fourth-order valence-corrected chi connectivity index (χ4v) is 1.65. The molecule has 0 aliphatic carbocycles. The van der Waals surface area contributed by atoms with Crippen LogP contribution in [-0.2, 0) is 16.1 Å². The predicted molar refractivity (Wildman–Crippen MR) is 88.1 cm³/mol. The summed E-state index contributed by atoms with van der Waals surface area (Å²) >= 11 is 0. The normalized spacial score (nSPS) is 10.8. The largest absolute Gasteiger partial charge is 0.445 e. The van der Waals surface area contributed by atoms with E-state index in [4.69, 9.17) is 9.47 Å². The van der Waals surface area contributed by atoms with Crippen LogP contribution in [0.15, 0.2) is 30.3 Å². The molecule has 6 heteroatoms. The first-order chi connectivity index (χ1) is 10.7. The van der Waals surface area contributed by atoms with Gasteiger partial charge in [0.25, 0.3) is 0 Å². The Balaban J connectivity index is 2.33. The molecule has 128 valence electrons. The van der Waals surface area contributed by atoms with Gasteiger partial charge in [-0.1, -0.05) is 30.3 Å². The van der Waals surface area contributed by atoms with E-state index in [1.54, 1.807) is 14.1 Å². The van der Waals surface area contributed by atoms with Gasteiger partial charge in [-0.15, -0.1) is 0 Å². The summed E-state index contributed by atoms with van der Waals surface area (Å²) in [7, 11) is 3.27. The van der Waals surface area contributed by atoms with Crippen LogP contribution in [0, 0.1) is 0 Å². The zero-order valence-corrected chi connectivity index (χ0v) is 14.5. The molecule has 2 amide bonds. The smallest absolute Gasteiger partial charge is 0.410 e. The molecule has 6 nitrogen and oxygen atoms in total. The maximum atomic E-state index is 11.9. The second kappa shape index (κ2) is 8.41.